The second-order valence-electron chi connectivity index (χ2n) is 4.80. The number of hydrogen-bond donors (Lipinski definition) is 2. The zero-order chi connectivity index (χ0) is 13.2. The number of anilines is 1. The predicted molar refractivity (Wildman–Crippen MR) is 79.8 cm³/mol. The van der Waals surface area contributed by atoms with E-state index < -0.39 is 0 Å². The van der Waals surface area contributed by atoms with Crippen LogP contribution >= 0.6 is 22.6 Å². The van der Waals surface area contributed by atoms with Crippen molar-refractivity contribution in [2.24, 2.45) is 0 Å². The van der Waals surface area contributed by atoms with Gasteiger partial charge in [0.05, 0.1) is 5.60 Å². The summed E-state index contributed by atoms with van der Waals surface area (Å²) in [4.78, 5) is 11.8. The number of rotatable bonds is 4. The van der Waals surface area contributed by atoms with Crippen molar-refractivity contribution >= 4 is 34.2 Å². The molecule has 18 heavy (non-hydrogen) atoms. The Morgan fingerprint density at radius 1 is 1.56 bits per heavy atom. The molecule has 2 N–H and O–H groups in total. The molecule has 0 aliphatic carbocycles. The van der Waals surface area contributed by atoms with Crippen molar-refractivity contribution in [3.05, 3.63) is 27.3 Å². The molecule has 1 fully saturated rings. The highest BCUT2D eigenvalue weighted by atomic mass is 127. The van der Waals surface area contributed by atoms with E-state index in [-0.39, 0.29) is 18.1 Å². The van der Waals surface area contributed by atoms with Crippen LogP contribution in [0.4, 0.5) is 5.69 Å². The van der Waals surface area contributed by atoms with E-state index in [1.165, 1.54) is 0 Å². The van der Waals surface area contributed by atoms with Gasteiger partial charge in [-0.3, -0.25) is 4.79 Å². The molecule has 0 saturated carbocycles. The van der Waals surface area contributed by atoms with E-state index in [9.17, 15) is 4.79 Å². The minimum absolute atomic E-state index is 0.100. The number of amides is 1. The van der Waals surface area contributed by atoms with Gasteiger partial charge in [-0.05, 0) is 54.1 Å². The molecule has 0 bridgehead atoms. The van der Waals surface area contributed by atoms with E-state index in [1.807, 2.05) is 32.0 Å². The van der Waals surface area contributed by atoms with Gasteiger partial charge in [-0.1, -0.05) is 6.07 Å². The number of carbonyl (C=O) groups is 1. The molecule has 1 aromatic rings. The molecule has 0 radical (unpaired) electrons. The third kappa shape index (κ3) is 3.21. The van der Waals surface area contributed by atoms with Crippen molar-refractivity contribution < 1.29 is 9.53 Å². The maximum absolute atomic E-state index is 11.8. The van der Waals surface area contributed by atoms with Gasteiger partial charge < -0.3 is 15.4 Å². The van der Waals surface area contributed by atoms with Crippen molar-refractivity contribution in [2.45, 2.75) is 19.4 Å². The van der Waals surface area contributed by atoms with Gasteiger partial charge in [-0.2, -0.15) is 0 Å². The van der Waals surface area contributed by atoms with Crippen LogP contribution in [0, 0.1) is 10.5 Å². The summed E-state index contributed by atoms with van der Waals surface area (Å²) in [6, 6.07) is 5.85. The molecular weight excluding hydrogens is 343 g/mol. The minimum atomic E-state index is -0.183. The molecule has 1 amide bonds. The lowest BCUT2D eigenvalue weighted by atomic mass is 10.0. The van der Waals surface area contributed by atoms with Gasteiger partial charge in [0.1, 0.15) is 6.61 Å². The van der Waals surface area contributed by atoms with Crippen LogP contribution in [-0.2, 0) is 9.53 Å². The van der Waals surface area contributed by atoms with Crippen molar-refractivity contribution in [1.82, 2.24) is 5.32 Å². The average molecular weight is 360 g/mol. The molecule has 0 aromatic heterocycles. The summed E-state index contributed by atoms with van der Waals surface area (Å²) in [6.07, 6.45) is 0. The SMILES string of the molecule is Cc1c(I)cccc1NC(=O)COC1(C)CNC1. The quantitative estimate of drug-likeness (QED) is 0.807. The Bertz CT molecular complexity index is 458. The second-order valence-corrected chi connectivity index (χ2v) is 5.96. The van der Waals surface area contributed by atoms with Gasteiger partial charge in [-0.15, -0.1) is 0 Å². The zero-order valence-electron chi connectivity index (χ0n) is 10.5. The summed E-state index contributed by atoms with van der Waals surface area (Å²) >= 11 is 2.26. The fourth-order valence-corrected chi connectivity index (χ4v) is 2.25. The molecule has 2 rings (SSSR count). The molecular formula is C13H17IN2O2. The van der Waals surface area contributed by atoms with Crippen LogP contribution in [0.5, 0.6) is 0 Å². The van der Waals surface area contributed by atoms with Crippen LogP contribution in [0.2, 0.25) is 0 Å². The first-order valence-electron chi connectivity index (χ1n) is 5.90. The van der Waals surface area contributed by atoms with Gasteiger partial charge in [0.2, 0.25) is 5.91 Å². The van der Waals surface area contributed by atoms with Crippen LogP contribution in [0.15, 0.2) is 18.2 Å². The van der Waals surface area contributed by atoms with E-state index in [1.54, 1.807) is 0 Å². The standard InChI is InChI=1S/C13H17IN2O2/c1-9-10(14)4-3-5-11(9)16-12(17)6-18-13(2)7-15-8-13/h3-5,15H,6-8H2,1-2H3,(H,16,17). The fraction of sp³-hybridized carbons (Fsp3) is 0.462. The Labute approximate surface area is 121 Å². The van der Waals surface area contributed by atoms with Gasteiger partial charge >= 0.3 is 0 Å². The smallest absolute Gasteiger partial charge is 0.250 e. The largest absolute Gasteiger partial charge is 0.363 e. The lowest BCUT2D eigenvalue weighted by Gasteiger charge is -2.38. The molecule has 1 aliphatic heterocycles. The molecule has 1 heterocycles. The molecule has 4 nitrogen and oxygen atoms in total. The third-order valence-corrected chi connectivity index (χ3v) is 4.26. The van der Waals surface area contributed by atoms with E-state index in [4.69, 9.17) is 4.74 Å². The van der Waals surface area contributed by atoms with Crippen molar-refractivity contribution in [2.75, 3.05) is 25.0 Å². The van der Waals surface area contributed by atoms with Crippen LogP contribution in [0.3, 0.4) is 0 Å². The molecule has 1 aliphatic rings. The Kier molecular flexibility index (Phi) is 4.24. The summed E-state index contributed by atoms with van der Waals surface area (Å²) in [5, 5.41) is 6.02. The van der Waals surface area contributed by atoms with Crippen molar-refractivity contribution in [3.63, 3.8) is 0 Å². The number of nitrogens with one attached hydrogen (secondary N) is 2. The van der Waals surface area contributed by atoms with Gasteiger partial charge in [0.25, 0.3) is 0 Å². The number of hydrogen-bond acceptors (Lipinski definition) is 3. The second kappa shape index (κ2) is 5.54. The van der Waals surface area contributed by atoms with Crippen LogP contribution in [0.25, 0.3) is 0 Å². The van der Waals surface area contributed by atoms with Crippen molar-refractivity contribution in [3.8, 4) is 0 Å². The van der Waals surface area contributed by atoms with Crippen molar-refractivity contribution in [1.29, 1.82) is 0 Å². The Hall–Kier alpha value is -0.660. The number of benzene rings is 1. The van der Waals surface area contributed by atoms with E-state index in [2.05, 4.69) is 33.2 Å². The number of carbonyl (C=O) groups excluding carboxylic acids is 1. The van der Waals surface area contributed by atoms with Gasteiger partial charge in [0.15, 0.2) is 0 Å². The molecule has 98 valence electrons. The zero-order valence-corrected chi connectivity index (χ0v) is 12.7. The van der Waals surface area contributed by atoms with Crippen LogP contribution < -0.4 is 10.6 Å². The lowest BCUT2D eigenvalue weighted by Crippen LogP contribution is -2.59. The summed E-state index contributed by atoms with van der Waals surface area (Å²) in [7, 11) is 0. The first-order chi connectivity index (χ1) is 8.50. The number of halogens is 1. The Morgan fingerprint density at radius 2 is 2.28 bits per heavy atom. The van der Waals surface area contributed by atoms with Crippen LogP contribution in [0.1, 0.15) is 12.5 Å². The first-order valence-corrected chi connectivity index (χ1v) is 6.98. The summed E-state index contributed by atoms with van der Waals surface area (Å²) in [5.74, 6) is -0.103. The molecule has 0 unspecified atom stereocenters. The Balaban J connectivity index is 1.89. The summed E-state index contributed by atoms with van der Waals surface area (Å²) < 4.78 is 6.73. The summed E-state index contributed by atoms with van der Waals surface area (Å²) in [6.45, 7) is 5.72. The fourth-order valence-electron chi connectivity index (χ4n) is 1.75. The maximum Gasteiger partial charge on any atom is 0.250 e. The Morgan fingerprint density at radius 3 is 2.89 bits per heavy atom. The highest BCUT2D eigenvalue weighted by Crippen LogP contribution is 2.20. The third-order valence-electron chi connectivity index (χ3n) is 3.09. The van der Waals surface area contributed by atoms with E-state index in [0.29, 0.717) is 0 Å². The van der Waals surface area contributed by atoms with E-state index >= 15 is 0 Å². The summed E-state index contributed by atoms with van der Waals surface area (Å²) in [5.41, 5.74) is 1.76. The normalized spacial score (nSPS) is 17.1. The average Bonchev–Trinajstić information content (AvgIpc) is 2.30. The molecule has 0 atom stereocenters. The minimum Gasteiger partial charge on any atom is -0.363 e. The molecule has 5 heteroatoms. The molecule has 1 aromatic carbocycles. The maximum atomic E-state index is 11.8. The van der Waals surface area contributed by atoms with Crippen LogP contribution in [-0.4, -0.2) is 31.2 Å². The highest BCUT2D eigenvalue weighted by molar-refractivity contribution is 14.1. The molecule has 0 spiro atoms. The van der Waals surface area contributed by atoms with E-state index in [0.717, 1.165) is 27.9 Å². The number of ether oxygens (including phenoxy) is 1. The molecule has 1 saturated heterocycles. The monoisotopic (exact) mass is 360 g/mol. The topological polar surface area (TPSA) is 50.4 Å². The highest BCUT2D eigenvalue weighted by Gasteiger charge is 2.33. The van der Waals surface area contributed by atoms with Gasteiger partial charge in [0, 0.05) is 22.3 Å². The lowest BCUT2D eigenvalue weighted by molar-refractivity contribution is -0.130. The predicted octanol–water partition coefficient (Wildman–Crippen LogP) is 1.92. The van der Waals surface area contributed by atoms with Gasteiger partial charge in [-0.25, -0.2) is 0 Å². The first kappa shape index (κ1) is 13.8.